The molecule has 0 aromatic heterocycles. The van der Waals surface area contributed by atoms with Crippen molar-refractivity contribution in [1.29, 1.82) is 0 Å². The zero-order chi connectivity index (χ0) is 68.9. The van der Waals surface area contributed by atoms with E-state index in [1.165, 1.54) is 212 Å². The fourth-order valence-corrected chi connectivity index (χ4v) is 13.5. The summed E-state index contributed by atoms with van der Waals surface area (Å²) >= 11 is 0. The highest BCUT2D eigenvalue weighted by Crippen LogP contribution is 2.33. The van der Waals surface area contributed by atoms with Gasteiger partial charge in [-0.2, -0.15) is 0 Å². The van der Waals surface area contributed by atoms with E-state index in [9.17, 15) is 61.0 Å². The van der Waals surface area contributed by atoms with Crippen LogP contribution in [0.1, 0.15) is 322 Å². The van der Waals surface area contributed by atoms with Crippen LogP contribution in [-0.2, 0) is 33.2 Å². The third kappa shape index (κ3) is 38.8. The van der Waals surface area contributed by atoms with E-state index in [4.69, 9.17) is 28.4 Å². The lowest BCUT2D eigenvalue weighted by Gasteiger charge is -2.48. The van der Waals surface area contributed by atoms with Gasteiger partial charge in [0, 0.05) is 6.42 Å². The molecule has 17 unspecified atom stereocenters. The molecule has 12 N–H and O–H groups in total. The molecule has 0 bridgehead atoms. The summed E-state index contributed by atoms with van der Waals surface area (Å²) in [6.45, 7) is 1.81. The number of allylic oxidation sites excluding steroid dienone is 4. The van der Waals surface area contributed by atoms with Gasteiger partial charge in [-0.25, -0.2) is 0 Å². The third-order valence-electron chi connectivity index (χ3n) is 19.8. The molecule has 3 heterocycles. The second-order valence-corrected chi connectivity index (χ2v) is 28.2. The highest BCUT2D eigenvalue weighted by molar-refractivity contribution is 5.76. The molecule has 0 aliphatic carbocycles. The van der Waals surface area contributed by atoms with Crippen molar-refractivity contribution in [3.8, 4) is 0 Å². The summed E-state index contributed by atoms with van der Waals surface area (Å²) in [4.78, 5) is 13.4. The predicted molar refractivity (Wildman–Crippen MR) is 374 cm³/mol. The molecule has 0 aromatic rings. The molecular formula is C76H143NO18. The van der Waals surface area contributed by atoms with Gasteiger partial charge in [0.05, 0.1) is 38.6 Å². The number of aliphatic hydroxyl groups is 11. The molecule has 19 heteroatoms. The zero-order valence-corrected chi connectivity index (χ0v) is 59.7. The fraction of sp³-hybridized carbons (Fsp3) is 0.934. The van der Waals surface area contributed by atoms with Gasteiger partial charge in [-0.05, 0) is 44.9 Å². The van der Waals surface area contributed by atoms with Crippen LogP contribution in [0.5, 0.6) is 0 Å². The smallest absolute Gasteiger partial charge is 0.220 e. The van der Waals surface area contributed by atoms with E-state index in [0.717, 1.165) is 77.0 Å². The van der Waals surface area contributed by atoms with Crippen LogP contribution in [0.25, 0.3) is 0 Å². The number of nitrogens with one attached hydrogen (secondary N) is 1. The van der Waals surface area contributed by atoms with Gasteiger partial charge >= 0.3 is 0 Å². The van der Waals surface area contributed by atoms with E-state index in [1.54, 1.807) is 0 Å². The molecule has 17 atom stereocenters. The first-order chi connectivity index (χ1) is 46.3. The Morgan fingerprint density at radius 1 is 0.379 bits per heavy atom. The van der Waals surface area contributed by atoms with Crippen LogP contribution in [0, 0.1) is 0 Å². The Morgan fingerprint density at radius 2 is 0.695 bits per heavy atom. The number of amides is 1. The van der Waals surface area contributed by atoms with Crippen LogP contribution in [-0.4, -0.2) is 193 Å². The van der Waals surface area contributed by atoms with E-state index in [0.29, 0.717) is 12.8 Å². The van der Waals surface area contributed by atoms with Gasteiger partial charge in [0.25, 0.3) is 0 Å². The lowest BCUT2D eigenvalue weighted by Crippen LogP contribution is -2.66. The number of ether oxygens (including phenoxy) is 6. The first-order valence-corrected chi connectivity index (χ1v) is 39.1. The van der Waals surface area contributed by atoms with Gasteiger partial charge < -0.3 is 89.9 Å². The topological polar surface area (TPSA) is 307 Å². The van der Waals surface area contributed by atoms with Crippen LogP contribution in [0.3, 0.4) is 0 Å². The Hall–Kier alpha value is -1.73. The zero-order valence-electron chi connectivity index (χ0n) is 59.7. The van der Waals surface area contributed by atoms with E-state index in [1.807, 2.05) is 0 Å². The molecule has 0 saturated carbocycles. The summed E-state index contributed by atoms with van der Waals surface area (Å²) in [6.07, 6.45) is 41.3. The van der Waals surface area contributed by atoms with Gasteiger partial charge in [0.15, 0.2) is 18.9 Å². The second kappa shape index (κ2) is 57.8. The van der Waals surface area contributed by atoms with Crippen molar-refractivity contribution in [2.24, 2.45) is 0 Å². The first-order valence-electron chi connectivity index (χ1n) is 39.1. The molecule has 95 heavy (non-hydrogen) atoms. The molecule has 3 saturated heterocycles. The van der Waals surface area contributed by atoms with Gasteiger partial charge in [-0.3, -0.25) is 4.79 Å². The maximum absolute atomic E-state index is 13.4. The van der Waals surface area contributed by atoms with Crippen molar-refractivity contribution in [3.63, 3.8) is 0 Å². The van der Waals surface area contributed by atoms with Crippen molar-refractivity contribution < 1.29 is 89.4 Å². The predicted octanol–water partition coefficient (Wildman–Crippen LogP) is 12.2. The van der Waals surface area contributed by atoms with Crippen LogP contribution in [0.4, 0.5) is 0 Å². The summed E-state index contributed by atoms with van der Waals surface area (Å²) in [7, 11) is 0. The van der Waals surface area contributed by atoms with E-state index >= 15 is 0 Å². The largest absolute Gasteiger partial charge is 0.394 e. The van der Waals surface area contributed by atoms with E-state index in [-0.39, 0.29) is 18.9 Å². The normalized spacial score (nSPS) is 27.3. The fourth-order valence-electron chi connectivity index (χ4n) is 13.5. The minimum atomic E-state index is -1.97. The average molecular weight is 1360 g/mol. The Bertz CT molecular complexity index is 1810. The molecule has 0 radical (unpaired) electrons. The SMILES string of the molecule is CCCCC/C=C\C/C=C\CCCCCCCCCC(=O)NC(COC1OC(CO)C(OC2OC(CO)C(OC3OC(CO)C(O)C(O)C3O)C(O)C2O)C(O)C1O)C(O)CCCCCCCCCCCCCCCCCCCCCCCCCCCCCCCCCCC. The lowest BCUT2D eigenvalue weighted by molar-refractivity contribution is -0.379. The standard InChI is InChI=1S/C76H143NO18/c1-3-5-7-9-11-13-15-17-19-21-22-23-24-25-26-27-28-29-30-31-32-33-34-35-36-38-39-41-43-45-47-49-51-53-60(81)59(77-64(82)54-52-50-48-46-44-42-40-37-20-18-16-14-12-10-8-6-4-2)58-90-74-70(88)67(85)72(62(56-79)92-74)95-76-71(89)68(86)73(63(57-80)93-76)94-75-69(87)66(84)65(83)61(55-78)91-75/h12,14,18,20,59-63,65-76,78-81,83-89H,3-11,13,15-17,19,21-58H2,1-2H3,(H,77,82)/b14-12-,20-18-. The minimum absolute atomic E-state index is 0.247. The number of carbonyl (C=O) groups is 1. The Labute approximate surface area is 575 Å². The van der Waals surface area contributed by atoms with Crippen molar-refractivity contribution in [2.45, 2.75) is 426 Å². The highest BCUT2D eigenvalue weighted by Gasteiger charge is 2.54. The summed E-state index contributed by atoms with van der Waals surface area (Å²) in [5.74, 6) is -0.247. The lowest BCUT2D eigenvalue weighted by atomic mass is 9.96. The van der Waals surface area contributed by atoms with Crippen LogP contribution in [0.15, 0.2) is 24.3 Å². The molecule has 3 rings (SSSR count). The summed E-state index contributed by atoms with van der Waals surface area (Å²) in [5.41, 5.74) is 0. The van der Waals surface area contributed by atoms with E-state index < -0.39 is 124 Å². The van der Waals surface area contributed by atoms with Crippen LogP contribution < -0.4 is 5.32 Å². The number of carbonyl (C=O) groups excluding carboxylic acids is 1. The molecule has 19 nitrogen and oxygen atoms in total. The van der Waals surface area contributed by atoms with Crippen molar-refractivity contribution in [3.05, 3.63) is 24.3 Å². The maximum Gasteiger partial charge on any atom is 0.220 e. The van der Waals surface area contributed by atoms with Crippen molar-refractivity contribution >= 4 is 5.91 Å². The summed E-state index contributed by atoms with van der Waals surface area (Å²) in [6, 6.07) is -0.892. The van der Waals surface area contributed by atoms with Gasteiger partial charge in [0.2, 0.25) is 5.91 Å². The quantitative estimate of drug-likeness (QED) is 0.0199. The van der Waals surface area contributed by atoms with Crippen molar-refractivity contribution in [1.82, 2.24) is 5.32 Å². The Balaban J connectivity index is 1.35. The molecule has 3 aliphatic heterocycles. The van der Waals surface area contributed by atoms with Crippen LogP contribution in [0.2, 0.25) is 0 Å². The molecule has 0 spiro atoms. The van der Waals surface area contributed by atoms with Crippen LogP contribution >= 0.6 is 0 Å². The maximum atomic E-state index is 13.4. The number of aliphatic hydroxyl groups excluding tert-OH is 11. The Kier molecular flexibility index (Phi) is 53.3. The molecule has 0 aromatic carbocycles. The van der Waals surface area contributed by atoms with Gasteiger partial charge in [-0.1, -0.05) is 295 Å². The average Bonchev–Trinajstić information content (AvgIpc) is 0.787. The summed E-state index contributed by atoms with van der Waals surface area (Å²) in [5, 5.41) is 121. The Morgan fingerprint density at radius 3 is 1.09 bits per heavy atom. The van der Waals surface area contributed by atoms with Gasteiger partial charge in [-0.15, -0.1) is 0 Å². The first kappa shape index (κ1) is 87.5. The number of unbranched alkanes of at least 4 members (excludes halogenated alkanes) is 42. The number of hydrogen-bond acceptors (Lipinski definition) is 18. The highest BCUT2D eigenvalue weighted by atomic mass is 16.8. The molecule has 3 aliphatic rings. The number of rotatable bonds is 62. The molecule has 3 fully saturated rings. The van der Waals surface area contributed by atoms with E-state index in [2.05, 4.69) is 43.5 Å². The molecule has 560 valence electrons. The monoisotopic (exact) mass is 1360 g/mol. The third-order valence-corrected chi connectivity index (χ3v) is 19.8. The number of hydrogen-bond donors (Lipinski definition) is 12. The van der Waals surface area contributed by atoms with Crippen molar-refractivity contribution in [2.75, 3.05) is 26.4 Å². The molecular weight excluding hydrogens is 1210 g/mol. The minimum Gasteiger partial charge on any atom is -0.394 e. The van der Waals surface area contributed by atoms with Gasteiger partial charge in [0.1, 0.15) is 73.2 Å². The second-order valence-electron chi connectivity index (χ2n) is 28.2. The summed E-state index contributed by atoms with van der Waals surface area (Å²) < 4.78 is 34.5. The molecule has 1 amide bonds.